The van der Waals surface area contributed by atoms with Gasteiger partial charge < -0.3 is 21.1 Å². The van der Waals surface area contributed by atoms with Crippen molar-refractivity contribution in [2.24, 2.45) is 17.4 Å². The molecule has 1 saturated carbocycles. The molecule has 0 radical (unpaired) electrons. The first-order valence-corrected chi connectivity index (χ1v) is 6.41. The zero-order valence-corrected chi connectivity index (χ0v) is 11.4. The van der Waals surface area contributed by atoms with Crippen LogP contribution in [0.1, 0.15) is 12.8 Å². The van der Waals surface area contributed by atoms with Crippen molar-refractivity contribution in [2.75, 3.05) is 25.6 Å². The van der Waals surface area contributed by atoms with Gasteiger partial charge >= 0.3 is 0 Å². The van der Waals surface area contributed by atoms with Gasteiger partial charge in [-0.15, -0.1) is 0 Å². The van der Waals surface area contributed by atoms with Gasteiger partial charge in [0.2, 0.25) is 5.91 Å². The van der Waals surface area contributed by atoms with E-state index < -0.39 is 11.4 Å². The predicted molar refractivity (Wildman–Crippen MR) is 75.1 cm³/mol. The van der Waals surface area contributed by atoms with Gasteiger partial charge in [0, 0.05) is 25.3 Å². The summed E-state index contributed by atoms with van der Waals surface area (Å²) in [5, 5.41) is 0. The van der Waals surface area contributed by atoms with Crippen molar-refractivity contribution in [3.63, 3.8) is 0 Å². The lowest BCUT2D eigenvalue weighted by Gasteiger charge is -2.32. The molecule has 1 aromatic carbocycles. The molecule has 5 heteroatoms. The Morgan fingerprint density at radius 2 is 2.21 bits per heavy atom. The number of hydrogen-bond donors (Lipinski definition) is 2. The number of rotatable bonds is 6. The van der Waals surface area contributed by atoms with Crippen LogP contribution in [-0.2, 0) is 4.79 Å². The Morgan fingerprint density at radius 3 is 2.74 bits per heavy atom. The molecule has 1 aromatic rings. The summed E-state index contributed by atoms with van der Waals surface area (Å²) in [6.07, 6.45) is 1.96. The van der Waals surface area contributed by atoms with Gasteiger partial charge in [-0.05, 0) is 30.9 Å². The van der Waals surface area contributed by atoms with Crippen LogP contribution in [0.15, 0.2) is 24.3 Å². The molecule has 104 valence electrons. The summed E-state index contributed by atoms with van der Waals surface area (Å²) in [5.41, 5.74) is 11.7. The first kappa shape index (κ1) is 13.7. The number of likely N-dealkylation sites (N-methyl/N-ethyl adjacent to an activating group) is 1. The number of hydrogen-bond acceptors (Lipinski definition) is 4. The molecule has 2 rings (SSSR count). The lowest BCUT2D eigenvalue weighted by Crippen LogP contribution is -2.60. The molecule has 0 heterocycles. The summed E-state index contributed by atoms with van der Waals surface area (Å²) in [6, 6.07) is 7.65. The van der Waals surface area contributed by atoms with Gasteiger partial charge in [-0.3, -0.25) is 4.79 Å². The minimum absolute atomic E-state index is 0.207. The van der Waals surface area contributed by atoms with E-state index in [0.29, 0.717) is 6.54 Å². The third kappa shape index (κ3) is 2.81. The van der Waals surface area contributed by atoms with Crippen molar-refractivity contribution < 1.29 is 9.53 Å². The van der Waals surface area contributed by atoms with E-state index in [1.165, 1.54) is 0 Å². The number of carbonyl (C=O) groups is 1. The van der Waals surface area contributed by atoms with Gasteiger partial charge in [-0.2, -0.15) is 0 Å². The molecule has 19 heavy (non-hydrogen) atoms. The predicted octanol–water partition coefficient (Wildman–Crippen LogP) is 0.724. The fraction of sp³-hybridized carbons (Fsp3) is 0.500. The van der Waals surface area contributed by atoms with Crippen LogP contribution < -0.4 is 21.1 Å². The second kappa shape index (κ2) is 5.09. The molecule has 1 fully saturated rings. The number of benzene rings is 1. The van der Waals surface area contributed by atoms with Gasteiger partial charge in [0.05, 0.1) is 7.11 Å². The standard InChI is InChI=1S/C14H21N3O2/c1-17(11-4-3-5-12(8-11)19-2)9-14(16,13(15)18)10-6-7-10/h3-5,8,10H,6-7,9,16H2,1-2H3,(H2,15,18). The smallest absolute Gasteiger partial charge is 0.239 e. The Morgan fingerprint density at radius 1 is 1.53 bits per heavy atom. The summed E-state index contributed by atoms with van der Waals surface area (Å²) in [4.78, 5) is 13.6. The highest BCUT2D eigenvalue weighted by Gasteiger charge is 2.47. The molecule has 5 nitrogen and oxygen atoms in total. The minimum Gasteiger partial charge on any atom is -0.497 e. The number of amides is 1. The third-order valence-corrected chi connectivity index (χ3v) is 3.76. The maximum atomic E-state index is 11.6. The second-order valence-electron chi connectivity index (χ2n) is 5.24. The highest BCUT2D eigenvalue weighted by atomic mass is 16.5. The average Bonchev–Trinajstić information content (AvgIpc) is 3.23. The van der Waals surface area contributed by atoms with Crippen molar-refractivity contribution in [3.05, 3.63) is 24.3 Å². The zero-order valence-electron chi connectivity index (χ0n) is 11.4. The van der Waals surface area contributed by atoms with Crippen LogP contribution in [0.5, 0.6) is 5.75 Å². The van der Waals surface area contributed by atoms with Crippen LogP contribution in [0, 0.1) is 5.92 Å². The minimum atomic E-state index is -0.947. The van der Waals surface area contributed by atoms with Crippen LogP contribution in [-0.4, -0.2) is 32.1 Å². The molecule has 1 aliphatic rings. The highest BCUT2D eigenvalue weighted by molar-refractivity contribution is 5.86. The summed E-state index contributed by atoms with van der Waals surface area (Å²) in [5.74, 6) is 0.556. The van der Waals surface area contributed by atoms with Crippen molar-refractivity contribution >= 4 is 11.6 Å². The maximum absolute atomic E-state index is 11.6. The third-order valence-electron chi connectivity index (χ3n) is 3.76. The molecule has 0 aliphatic heterocycles. The molecule has 1 amide bonds. The second-order valence-corrected chi connectivity index (χ2v) is 5.24. The molecular formula is C14H21N3O2. The normalized spacial score (nSPS) is 17.6. The van der Waals surface area contributed by atoms with Crippen LogP contribution >= 0.6 is 0 Å². The van der Waals surface area contributed by atoms with Gasteiger partial charge in [-0.1, -0.05) is 6.07 Å². The van der Waals surface area contributed by atoms with Crippen molar-refractivity contribution in [3.8, 4) is 5.75 Å². The molecule has 0 spiro atoms. The van der Waals surface area contributed by atoms with Gasteiger partial charge in [0.15, 0.2) is 0 Å². The number of ether oxygens (including phenoxy) is 1. The van der Waals surface area contributed by atoms with E-state index in [0.717, 1.165) is 24.3 Å². The molecule has 1 atom stereocenters. The van der Waals surface area contributed by atoms with E-state index in [4.69, 9.17) is 16.2 Å². The molecule has 0 saturated heterocycles. The molecule has 1 aliphatic carbocycles. The van der Waals surface area contributed by atoms with Crippen LogP contribution in [0.2, 0.25) is 0 Å². The van der Waals surface area contributed by atoms with Crippen molar-refractivity contribution in [1.29, 1.82) is 0 Å². The van der Waals surface area contributed by atoms with Crippen LogP contribution in [0.3, 0.4) is 0 Å². The molecule has 0 bridgehead atoms. The SMILES string of the molecule is COc1cccc(N(C)CC(N)(C(N)=O)C2CC2)c1. The summed E-state index contributed by atoms with van der Waals surface area (Å²) < 4.78 is 5.19. The topological polar surface area (TPSA) is 81.6 Å². The Balaban J connectivity index is 2.14. The molecule has 0 aromatic heterocycles. The van der Waals surface area contributed by atoms with Crippen molar-refractivity contribution in [2.45, 2.75) is 18.4 Å². The van der Waals surface area contributed by atoms with E-state index in [1.807, 2.05) is 36.2 Å². The fourth-order valence-electron chi connectivity index (χ4n) is 2.34. The van der Waals surface area contributed by atoms with Gasteiger partial charge in [0.1, 0.15) is 11.3 Å². The monoisotopic (exact) mass is 263 g/mol. The number of nitrogens with zero attached hydrogens (tertiary/aromatic N) is 1. The average molecular weight is 263 g/mol. The summed E-state index contributed by atoms with van der Waals surface area (Å²) in [6.45, 7) is 0.417. The number of nitrogens with two attached hydrogens (primary N) is 2. The van der Waals surface area contributed by atoms with Crippen LogP contribution in [0.25, 0.3) is 0 Å². The molecular weight excluding hydrogens is 242 g/mol. The van der Waals surface area contributed by atoms with E-state index >= 15 is 0 Å². The van der Waals surface area contributed by atoms with E-state index in [2.05, 4.69) is 0 Å². The Hall–Kier alpha value is -1.75. The maximum Gasteiger partial charge on any atom is 0.239 e. The first-order chi connectivity index (χ1) is 8.97. The summed E-state index contributed by atoms with van der Waals surface area (Å²) >= 11 is 0. The Bertz CT molecular complexity index is 474. The lowest BCUT2D eigenvalue weighted by molar-refractivity contribution is -0.123. The largest absolute Gasteiger partial charge is 0.497 e. The molecule has 4 N–H and O–H groups in total. The van der Waals surface area contributed by atoms with E-state index in [1.54, 1.807) is 7.11 Å². The number of primary amides is 1. The molecule has 1 unspecified atom stereocenters. The Labute approximate surface area is 113 Å². The Kier molecular flexibility index (Phi) is 3.66. The lowest BCUT2D eigenvalue weighted by atomic mass is 9.93. The zero-order chi connectivity index (χ0) is 14.0. The highest BCUT2D eigenvalue weighted by Crippen LogP contribution is 2.39. The van der Waals surface area contributed by atoms with E-state index in [9.17, 15) is 4.79 Å². The summed E-state index contributed by atoms with van der Waals surface area (Å²) in [7, 11) is 3.53. The number of anilines is 1. The van der Waals surface area contributed by atoms with E-state index in [-0.39, 0.29) is 5.92 Å². The van der Waals surface area contributed by atoms with Crippen LogP contribution in [0.4, 0.5) is 5.69 Å². The van der Waals surface area contributed by atoms with Gasteiger partial charge in [-0.25, -0.2) is 0 Å². The number of methoxy groups -OCH3 is 1. The van der Waals surface area contributed by atoms with Gasteiger partial charge in [0.25, 0.3) is 0 Å². The quantitative estimate of drug-likeness (QED) is 0.792. The fourth-order valence-corrected chi connectivity index (χ4v) is 2.34. The number of carbonyl (C=O) groups excluding carboxylic acids is 1. The first-order valence-electron chi connectivity index (χ1n) is 6.41. The van der Waals surface area contributed by atoms with Crippen molar-refractivity contribution in [1.82, 2.24) is 0 Å².